The number of halogens is 1. The number of ether oxygens (including phenoxy) is 1. The van der Waals surface area contributed by atoms with Crippen molar-refractivity contribution in [2.24, 2.45) is 0 Å². The molecule has 1 amide bonds. The minimum Gasteiger partial charge on any atom is -0.490 e. The molecule has 0 aliphatic heterocycles. The molecule has 0 radical (unpaired) electrons. The first-order valence-electron chi connectivity index (χ1n) is 4.46. The summed E-state index contributed by atoms with van der Waals surface area (Å²) < 4.78 is 5.30. The van der Waals surface area contributed by atoms with Crippen molar-refractivity contribution in [1.82, 2.24) is 0 Å². The number of carbonyl (C=O) groups excluding carboxylic acids is 1. The van der Waals surface area contributed by atoms with E-state index in [2.05, 4.69) is 27.8 Å². The largest absolute Gasteiger partial charge is 0.490 e. The standard InChI is InChI=1S/C11H12BrNO2/c1-2-7-15-10-5-3-9(4-6-10)13-11(14)8-12/h2-6H,1,7-8H2,(H,13,14). The monoisotopic (exact) mass is 269 g/mol. The van der Waals surface area contributed by atoms with Gasteiger partial charge in [-0.25, -0.2) is 0 Å². The van der Waals surface area contributed by atoms with Crippen molar-refractivity contribution in [2.75, 3.05) is 17.3 Å². The number of amides is 1. The van der Waals surface area contributed by atoms with E-state index in [-0.39, 0.29) is 5.91 Å². The fourth-order valence-corrected chi connectivity index (χ4v) is 1.12. The van der Waals surface area contributed by atoms with Gasteiger partial charge in [-0.3, -0.25) is 4.79 Å². The maximum atomic E-state index is 11.0. The molecule has 0 aliphatic carbocycles. The molecule has 4 heteroatoms. The van der Waals surface area contributed by atoms with Crippen LogP contribution in [0.5, 0.6) is 5.75 Å². The normalized spacial score (nSPS) is 9.40. The Balaban J connectivity index is 2.55. The van der Waals surface area contributed by atoms with Gasteiger partial charge in [0, 0.05) is 5.69 Å². The van der Waals surface area contributed by atoms with Gasteiger partial charge in [0.25, 0.3) is 0 Å². The summed E-state index contributed by atoms with van der Waals surface area (Å²) in [6.45, 7) is 4.04. The number of anilines is 1. The molecular weight excluding hydrogens is 258 g/mol. The molecule has 0 aromatic heterocycles. The lowest BCUT2D eigenvalue weighted by Gasteiger charge is -2.05. The summed E-state index contributed by atoms with van der Waals surface area (Å²) in [6, 6.07) is 7.18. The molecule has 0 fully saturated rings. The van der Waals surface area contributed by atoms with Crippen molar-refractivity contribution in [3.63, 3.8) is 0 Å². The molecular formula is C11H12BrNO2. The molecule has 0 bridgehead atoms. The molecule has 0 saturated heterocycles. The van der Waals surface area contributed by atoms with Crippen LogP contribution in [-0.4, -0.2) is 17.8 Å². The summed E-state index contributed by atoms with van der Waals surface area (Å²) in [5.74, 6) is 0.682. The highest BCUT2D eigenvalue weighted by atomic mass is 79.9. The molecule has 0 atom stereocenters. The maximum absolute atomic E-state index is 11.0. The van der Waals surface area contributed by atoms with Gasteiger partial charge in [0.2, 0.25) is 5.91 Å². The Morgan fingerprint density at radius 2 is 2.13 bits per heavy atom. The van der Waals surface area contributed by atoms with Gasteiger partial charge in [-0.05, 0) is 24.3 Å². The van der Waals surface area contributed by atoms with Gasteiger partial charge in [0.05, 0.1) is 5.33 Å². The highest BCUT2D eigenvalue weighted by molar-refractivity contribution is 9.09. The van der Waals surface area contributed by atoms with Crippen molar-refractivity contribution in [3.8, 4) is 5.75 Å². The van der Waals surface area contributed by atoms with Crippen LogP contribution in [0.1, 0.15) is 0 Å². The van der Waals surface area contributed by atoms with Crippen LogP contribution in [-0.2, 0) is 4.79 Å². The number of benzene rings is 1. The van der Waals surface area contributed by atoms with Gasteiger partial charge in [-0.1, -0.05) is 28.6 Å². The molecule has 80 valence electrons. The van der Waals surface area contributed by atoms with Gasteiger partial charge in [0.15, 0.2) is 0 Å². The minimum absolute atomic E-state index is 0.0743. The number of hydrogen-bond donors (Lipinski definition) is 1. The Morgan fingerprint density at radius 3 is 2.67 bits per heavy atom. The van der Waals surface area contributed by atoms with Crippen LogP contribution in [0.2, 0.25) is 0 Å². The van der Waals surface area contributed by atoms with E-state index in [4.69, 9.17) is 4.74 Å². The van der Waals surface area contributed by atoms with Gasteiger partial charge in [-0.15, -0.1) is 0 Å². The second kappa shape index (κ2) is 6.24. The zero-order valence-corrected chi connectivity index (χ0v) is 9.79. The summed E-state index contributed by atoms with van der Waals surface area (Å²) in [6.07, 6.45) is 1.68. The van der Waals surface area contributed by atoms with Gasteiger partial charge >= 0.3 is 0 Å². The molecule has 0 spiro atoms. The lowest BCUT2D eigenvalue weighted by molar-refractivity contribution is -0.113. The van der Waals surface area contributed by atoms with Gasteiger partial charge in [-0.2, -0.15) is 0 Å². The van der Waals surface area contributed by atoms with Crippen LogP contribution in [0.15, 0.2) is 36.9 Å². The minimum atomic E-state index is -0.0743. The first kappa shape index (κ1) is 11.8. The fraction of sp³-hybridized carbons (Fsp3) is 0.182. The first-order chi connectivity index (χ1) is 7.26. The summed E-state index contributed by atoms with van der Waals surface area (Å²) in [5.41, 5.74) is 0.755. The van der Waals surface area contributed by atoms with Crippen LogP contribution in [0.25, 0.3) is 0 Å². The lowest BCUT2D eigenvalue weighted by atomic mass is 10.3. The molecule has 0 aliphatic rings. The lowest BCUT2D eigenvalue weighted by Crippen LogP contribution is -2.11. The van der Waals surface area contributed by atoms with E-state index >= 15 is 0 Å². The summed E-state index contributed by atoms with van der Waals surface area (Å²) in [4.78, 5) is 11.0. The third-order valence-corrected chi connectivity index (χ3v) is 2.14. The molecule has 3 nitrogen and oxygen atoms in total. The molecule has 1 aromatic rings. The number of alkyl halides is 1. The topological polar surface area (TPSA) is 38.3 Å². The Bertz CT molecular complexity index is 335. The highest BCUT2D eigenvalue weighted by Crippen LogP contribution is 2.15. The average molecular weight is 270 g/mol. The van der Waals surface area contributed by atoms with E-state index in [9.17, 15) is 4.79 Å². The molecule has 1 N–H and O–H groups in total. The molecule has 0 heterocycles. The third-order valence-electron chi connectivity index (χ3n) is 1.63. The molecule has 1 rings (SSSR count). The van der Waals surface area contributed by atoms with Crippen molar-refractivity contribution in [3.05, 3.63) is 36.9 Å². The average Bonchev–Trinajstić information content (AvgIpc) is 2.28. The van der Waals surface area contributed by atoms with Crippen molar-refractivity contribution in [1.29, 1.82) is 0 Å². The van der Waals surface area contributed by atoms with Crippen molar-refractivity contribution in [2.45, 2.75) is 0 Å². The molecule has 15 heavy (non-hydrogen) atoms. The second-order valence-corrected chi connectivity index (χ2v) is 3.37. The van der Waals surface area contributed by atoms with Gasteiger partial charge < -0.3 is 10.1 Å². The third kappa shape index (κ3) is 4.16. The van der Waals surface area contributed by atoms with Crippen LogP contribution in [0.3, 0.4) is 0 Å². The van der Waals surface area contributed by atoms with E-state index < -0.39 is 0 Å². The fourth-order valence-electron chi connectivity index (χ4n) is 0.984. The van der Waals surface area contributed by atoms with E-state index in [0.29, 0.717) is 11.9 Å². The van der Waals surface area contributed by atoms with E-state index in [1.54, 1.807) is 30.3 Å². The summed E-state index contributed by atoms with van der Waals surface area (Å²) >= 11 is 3.07. The van der Waals surface area contributed by atoms with Crippen molar-refractivity contribution < 1.29 is 9.53 Å². The Hall–Kier alpha value is -1.29. The highest BCUT2D eigenvalue weighted by Gasteiger charge is 1.99. The van der Waals surface area contributed by atoms with Gasteiger partial charge in [0.1, 0.15) is 12.4 Å². The zero-order chi connectivity index (χ0) is 11.1. The smallest absolute Gasteiger partial charge is 0.235 e. The van der Waals surface area contributed by atoms with Crippen molar-refractivity contribution >= 4 is 27.5 Å². The molecule has 0 saturated carbocycles. The summed E-state index contributed by atoms with van der Waals surface area (Å²) in [7, 11) is 0. The molecule has 0 unspecified atom stereocenters. The number of rotatable bonds is 5. The Kier molecular flexibility index (Phi) is 4.90. The number of carbonyl (C=O) groups is 1. The van der Waals surface area contributed by atoms with Crippen LogP contribution >= 0.6 is 15.9 Å². The first-order valence-corrected chi connectivity index (χ1v) is 5.58. The predicted octanol–water partition coefficient (Wildman–Crippen LogP) is 2.58. The summed E-state index contributed by atoms with van der Waals surface area (Å²) in [5, 5.41) is 3.01. The zero-order valence-electron chi connectivity index (χ0n) is 8.20. The van der Waals surface area contributed by atoms with E-state index in [1.165, 1.54) is 0 Å². The van der Waals surface area contributed by atoms with E-state index in [1.807, 2.05) is 0 Å². The SMILES string of the molecule is C=CCOc1ccc(NC(=O)CBr)cc1. The number of nitrogens with one attached hydrogen (secondary N) is 1. The number of hydrogen-bond acceptors (Lipinski definition) is 2. The van der Waals surface area contributed by atoms with Crippen LogP contribution in [0, 0.1) is 0 Å². The Labute approximate surface area is 97.3 Å². The second-order valence-electron chi connectivity index (χ2n) is 2.81. The molecule has 1 aromatic carbocycles. The van der Waals surface area contributed by atoms with Crippen LogP contribution < -0.4 is 10.1 Å². The quantitative estimate of drug-likeness (QED) is 0.659. The maximum Gasteiger partial charge on any atom is 0.235 e. The van der Waals surface area contributed by atoms with Crippen LogP contribution in [0.4, 0.5) is 5.69 Å². The van der Waals surface area contributed by atoms with E-state index in [0.717, 1.165) is 11.4 Å². The predicted molar refractivity (Wildman–Crippen MR) is 64.6 cm³/mol. The Morgan fingerprint density at radius 1 is 1.47 bits per heavy atom.